The van der Waals surface area contributed by atoms with Crippen molar-refractivity contribution in [3.63, 3.8) is 0 Å². The zero-order chi connectivity index (χ0) is 12.5. The van der Waals surface area contributed by atoms with Gasteiger partial charge in [0.1, 0.15) is 5.56 Å². The Kier molecular flexibility index (Phi) is 2.30. The highest BCUT2D eigenvalue weighted by molar-refractivity contribution is 5.98. The molecule has 2 N–H and O–H groups in total. The third-order valence-corrected chi connectivity index (χ3v) is 2.70. The Morgan fingerprint density at radius 3 is 2.67 bits per heavy atom. The van der Waals surface area contributed by atoms with Gasteiger partial charge in [-0.05, 0) is 6.07 Å². The first-order valence-corrected chi connectivity index (χ1v) is 5.45. The number of nitrogens with zero attached hydrogens (tertiary/aromatic N) is 3. The second kappa shape index (κ2) is 3.96. The smallest absolute Gasteiger partial charge is 0.254 e. The molecule has 0 bridgehead atoms. The van der Waals surface area contributed by atoms with Crippen LogP contribution < -0.4 is 5.73 Å². The van der Waals surface area contributed by atoms with Gasteiger partial charge in [-0.2, -0.15) is 5.10 Å². The molecule has 1 amide bonds. The molecule has 3 aromatic rings. The molecule has 3 rings (SSSR count). The molecule has 0 unspecified atom stereocenters. The normalized spacial score (nSPS) is 10.7. The Bertz CT molecular complexity index is 718. The van der Waals surface area contributed by atoms with E-state index in [0.717, 1.165) is 11.3 Å². The number of fused-ring (bicyclic) bond motifs is 1. The van der Waals surface area contributed by atoms with E-state index in [2.05, 4.69) is 10.1 Å². The minimum absolute atomic E-state index is 0.327. The number of hydrogen-bond donors (Lipinski definition) is 1. The molecule has 0 fully saturated rings. The van der Waals surface area contributed by atoms with Crippen molar-refractivity contribution < 1.29 is 4.79 Å². The van der Waals surface area contributed by atoms with Crippen LogP contribution in [0.4, 0.5) is 0 Å². The zero-order valence-electron chi connectivity index (χ0n) is 9.45. The molecule has 18 heavy (non-hydrogen) atoms. The first-order chi connectivity index (χ1) is 8.75. The van der Waals surface area contributed by atoms with Crippen LogP contribution in [0.5, 0.6) is 0 Å². The third-order valence-electron chi connectivity index (χ3n) is 2.70. The molecule has 0 aliphatic carbocycles. The van der Waals surface area contributed by atoms with E-state index in [1.165, 1.54) is 10.7 Å². The van der Waals surface area contributed by atoms with Gasteiger partial charge in [0.05, 0.1) is 11.9 Å². The van der Waals surface area contributed by atoms with E-state index in [9.17, 15) is 4.79 Å². The van der Waals surface area contributed by atoms with Gasteiger partial charge in [0.15, 0.2) is 5.65 Å². The van der Waals surface area contributed by atoms with E-state index < -0.39 is 5.91 Å². The van der Waals surface area contributed by atoms with Crippen LogP contribution in [0.1, 0.15) is 10.4 Å². The molecule has 88 valence electrons. The maximum atomic E-state index is 11.3. The van der Waals surface area contributed by atoms with Gasteiger partial charge in [-0.15, -0.1) is 0 Å². The number of carbonyl (C=O) groups excluding carboxylic acids is 1. The Morgan fingerprint density at radius 2 is 1.94 bits per heavy atom. The van der Waals surface area contributed by atoms with Crippen LogP contribution in [0.25, 0.3) is 16.9 Å². The summed E-state index contributed by atoms with van der Waals surface area (Å²) >= 11 is 0. The minimum atomic E-state index is -0.525. The molecule has 2 aromatic heterocycles. The second-order valence-corrected chi connectivity index (χ2v) is 3.87. The quantitative estimate of drug-likeness (QED) is 0.735. The van der Waals surface area contributed by atoms with E-state index in [1.54, 1.807) is 6.20 Å². The van der Waals surface area contributed by atoms with E-state index in [4.69, 9.17) is 5.73 Å². The Morgan fingerprint density at radius 1 is 1.17 bits per heavy atom. The minimum Gasteiger partial charge on any atom is -0.365 e. The van der Waals surface area contributed by atoms with Gasteiger partial charge in [0.25, 0.3) is 5.91 Å². The summed E-state index contributed by atoms with van der Waals surface area (Å²) in [5, 5.41) is 4.03. The number of benzene rings is 1. The highest BCUT2D eigenvalue weighted by Crippen LogP contribution is 2.18. The fraction of sp³-hybridized carbons (Fsp3) is 0. The average Bonchev–Trinajstić information content (AvgIpc) is 2.82. The molecule has 0 saturated carbocycles. The van der Waals surface area contributed by atoms with Crippen LogP contribution in [0, 0.1) is 0 Å². The van der Waals surface area contributed by atoms with Crippen molar-refractivity contribution >= 4 is 11.6 Å². The standard InChI is InChI=1S/C13H10N4O/c14-12(18)10-8-15-17-7-6-11(16-13(10)17)9-4-2-1-3-5-9/h1-8H,(H2,14,18). The number of aromatic nitrogens is 3. The third kappa shape index (κ3) is 1.62. The van der Waals surface area contributed by atoms with E-state index in [-0.39, 0.29) is 0 Å². The van der Waals surface area contributed by atoms with Crippen molar-refractivity contribution in [1.82, 2.24) is 14.6 Å². The van der Waals surface area contributed by atoms with E-state index in [0.29, 0.717) is 11.2 Å². The summed E-state index contributed by atoms with van der Waals surface area (Å²) in [7, 11) is 0. The molecular formula is C13H10N4O. The summed E-state index contributed by atoms with van der Waals surface area (Å²) in [5.41, 5.74) is 7.85. The van der Waals surface area contributed by atoms with Crippen LogP contribution in [-0.2, 0) is 0 Å². The highest BCUT2D eigenvalue weighted by Gasteiger charge is 2.11. The fourth-order valence-electron chi connectivity index (χ4n) is 1.81. The predicted molar refractivity (Wildman–Crippen MR) is 66.9 cm³/mol. The number of rotatable bonds is 2. The topological polar surface area (TPSA) is 73.3 Å². The lowest BCUT2D eigenvalue weighted by Gasteiger charge is -2.01. The SMILES string of the molecule is NC(=O)c1cnn2ccc(-c3ccccc3)nc12. The number of nitrogens with two attached hydrogens (primary N) is 1. The van der Waals surface area contributed by atoms with E-state index >= 15 is 0 Å². The lowest BCUT2D eigenvalue weighted by Crippen LogP contribution is -2.11. The molecule has 1 aromatic carbocycles. The van der Waals surface area contributed by atoms with Crippen LogP contribution in [0.15, 0.2) is 48.8 Å². The van der Waals surface area contributed by atoms with E-state index in [1.807, 2.05) is 36.4 Å². The molecule has 0 aliphatic heterocycles. The van der Waals surface area contributed by atoms with Gasteiger partial charge in [-0.25, -0.2) is 9.50 Å². The number of hydrogen-bond acceptors (Lipinski definition) is 3. The van der Waals surface area contributed by atoms with Crippen LogP contribution >= 0.6 is 0 Å². The molecule has 5 heteroatoms. The largest absolute Gasteiger partial charge is 0.365 e. The Balaban J connectivity index is 2.21. The maximum absolute atomic E-state index is 11.3. The molecule has 2 heterocycles. The van der Waals surface area contributed by atoms with Crippen molar-refractivity contribution in [3.8, 4) is 11.3 Å². The summed E-state index contributed by atoms with van der Waals surface area (Å²) < 4.78 is 1.53. The molecule has 0 atom stereocenters. The Labute approximate surface area is 103 Å². The molecule has 0 radical (unpaired) electrons. The van der Waals surface area contributed by atoms with Gasteiger partial charge >= 0.3 is 0 Å². The lowest BCUT2D eigenvalue weighted by molar-refractivity contribution is 0.100. The van der Waals surface area contributed by atoms with Crippen molar-refractivity contribution in [2.75, 3.05) is 0 Å². The lowest BCUT2D eigenvalue weighted by atomic mass is 10.1. The van der Waals surface area contributed by atoms with Crippen LogP contribution in [0.3, 0.4) is 0 Å². The molecule has 0 aliphatic rings. The summed E-state index contributed by atoms with van der Waals surface area (Å²) in [6, 6.07) is 11.6. The average molecular weight is 238 g/mol. The first-order valence-electron chi connectivity index (χ1n) is 5.45. The summed E-state index contributed by atoms with van der Waals surface area (Å²) in [4.78, 5) is 15.7. The molecular weight excluding hydrogens is 228 g/mol. The van der Waals surface area contributed by atoms with Gasteiger partial charge in [0, 0.05) is 11.8 Å². The van der Waals surface area contributed by atoms with Crippen molar-refractivity contribution in [3.05, 3.63) is 54.4 Å². The predicted octanol–water partition coefficient (Wildman–Crippen LogP) is 1.50. The molecule has 0 spiro atoms. The monoisotopic (exact) mass is 238 g/mol. The highest BCUT2D eigenvalue weighted by atomic mass is 16.1. The maximum Gasteiger partial charge on any atom is 0.254 e. The molecule has 5 nitrogen and oxygen atoms in total. The number of carbonyl (C=O) groups is 1. The molecule has 0 saturated heterocycles. The zero-order valence-corrected chi connectivity index (χ0v) is 9.45. The fourth-order valence-corrected chi connectivity index (χ4v) is 1.81. The summed E-state index contributed by atoms with van der Waals surface area (Å²) in [6.45, 7) is 0. The number of amides is 1. The van der Waals surface area contributed by atoms with Crippen LogP contribution in [-0.4, -0.2) is 20.5 Å². The van der Waals surface area contributed by atoms with Gasteiger partial charge in [-0.1, -0.05) is 30.3 Å². The van der Waals surface area contributed by atoms with Crippen molar-refractivity contribution in [2.45, 2.75) is 0 Å². The van der Waals surface area contributed by atoms with Crippen molar-refractivity contribution in [2.24, 2.45) is 5.73 Å². The van der Waals surface area contributed by atoms with Crippen LogP contribution in [0.2, 0.25) is 0 Å². The first kappa shape index (κ1) is 10.5. The summed E-state index contributed by atoms with van der Waals surface area (Å²) in [6.07, 6.45) is 3.19. The van der Waals surface area contributed by atoms with Gasteiger partial charge in [0.2, 0.25) is 0 Å². The van der Waals surface area contributed by atoms with Gasteiger partial charge in [-0.3, -0.25) is 4.79 Å². The number of primary amides is 1. The van der Waals surface area contributed by atoms with Gasteiger partial charge < -0.3 is 5.73 Å². The second-order valence-electron chi connectivity index (χ2n) is 3.87. The van der Waals surface area contributed by atoms with Crippen molar-refractivity contribution in [1.29, 1.82) is 0 Å². The summed E-state index contributed by atoms with van der Waals surface area (Å²) in [5.74, 6) is -0.525. The Hall–Kier alpha value is -2.69.